The molecule has 0 saturated carbocycles. The minimum atomic E-state index is 0. The highest BCUT2D eigenvalue weighted by Crippen LogP contribution is 2.11. The quantitative estimate of drug-likeness (QED) is 0.776. The van der Waals surface area contributed by atoms with Crippen molar-refractivity contribution in [2.75, 3.05) is 13.1 Å². The molecule has 3 N–H and O–H groups in total. The Balaban J connectivity index is 0.00000144. The second-order valence-corrected chi connectivity index (χ2v) is 4.40. The Bertz CT molecular complexity index is 345. The molecule has 1 aromatic heterocycles. The Kier molecular flexibility index (Phi) is 7.98. The van der Waals surface area contributed by atoms with Gasteiger partial charge in [-0.3, -0.25) is 9.89 Å². The summed E-state index contributed by atoms with van der Waals surface area (Å²) in [4.78, 5) is 11.7. The first-order chi connectivity index (χ1) is 7.75. The molecule has 0 aliphatic carbocycles. The molecule has 1 fully saturated rings. The zero-order chi connectivity index (χ0) is 11.4. The molecular weight excluding hydrogens is 275 g/mol. The summed E-state index contributed by atoms with van der Waals surface area (Å²) in [6, 6.07) is 2.08. The highest BCUT2D eigenvalue weighted by molar-refractivity contribution is 5.85. The van der Waals surface area contributed by atoms with Gasteiger partial charge in [-0.2, -0.15) is 5.10 Å². The van der Waals surface area contributed by atoms with Gasteiger partial charge in [0.25, 0.3) is 0 Å². The number of aromatic nitrogens is 2. The number of hydrogen-bond donors (Lipinski definition) is 3. The van der Waals surface area contributed by atoms with Crippen LogP contribution in [-0.2, 0) is 11.2 Å². The Labute approximate surface area is 119 Å². The molecule has 2 atom stereocenters. The van der Waals surface area contributed by atoms with E-state index in [1.54, 1.807) is 6.20 Å². The number of H-pyrrole nitrogens is 1. The van der Waals surface area contributed by atoms with E-state index < -0.39 is 0 Å². The summed E-state index contributed by atoms with van der Waals surface area (Å²) in [5.41, 5.74) is 0.855. The predicted molar refractivity (Wildman–Crippen MR) is 75.4 cm³/mol. The fourth-order valence-electron chi connectivity index (χ4n) is 2.00. The summed E-state index contributed by atoms with van der Waals surface area (Å²) in [6.45, 7) is 4.10. The number of carbonyl (C=O) groups excluding carboxylic acids is 1. The smallest absolute Gasteiger partial charge is 0.226 e. The number of hydrogen-bond acceptors (Lipinski definition) is 3. The zero-order valence-corrected chi connectivity index (χ0v) is 11.9. The summed E-state index contributed by atoms with van der Waals surface area (Å²) in [5, 5.41) is 13.0. The molecular formula is C11H20Cl2N4O. The molecule has 0 aromatic carbocycles. The average molecular weight is 295 g/mol. The van der Waals surface area contributed by atoms with Crippen molar-refractivity contribution in [2.45, 2.75) is 25.8 Å². The molecule has 7 heteroatoms. The van der Waals surface area contributed by atoms with E-state index in [1.165, 1.54) is 0 Å². The molecule has 1 amide bonds. The van der Waals surface area contributed by atoms with Crippen LogP contribution in [0.5, 0.6) is 0 Å². The molecule has 0 bridgehead atoms. The van der Waals surface area contributed by atoms with Crippen LogP contribution in [0.3, 0.4) is 0 Å². The predicted octanol–water partition coefficient (Wildman–Crippen LogP) is 0.910. The molecule has 2 heterocycles. The van der Waals surface area contributed by atoms with Crippen LogP contribution in [0.4, 0.5) is 0 Å². The lowest BCUT2D eigenvalue weighted by atomic mass is 9.95. The lowest BCUT2D eigenvalue weighted by Crippen LogP contribution is -2.50. The fraction of sp³-hybridized carbons (Fsp3) is 0.636. The minimum Gasteiger partial charge on any atom is -0.351 e. The standard InChI is InChI=1S/C11H18N4O.2ClH/c1-8-2-4-12-7-10(8)14-11(16)6-9-3-5-13-15-9;;/h3,5,8,10,12H,2,4,6-7H2,1H3,(H,13,15)(H,14,16);2*1H. The third-order valence-electron chi connectivity index (χ3n) is 3.08. The first-order valence-electron chi connectivity index (χ1n) is 5.74. The number of piperidine rings is 1. The van der Waals surface area contributed by atoms with Crippen LogP contribution in [0.15, 0.2) is 12.3 Å². The van der Waals surface area contributed by atoms with Gasteiger partial charge in [0.2, 0.25) is 5.91 Å². The molecule has 18 heavy (non-hydrogen) atoms. The van der Waals surface area contributed by atoms with E-state index in [4.69, 9.17) is 0 Å². The first kappa shape index (κ1) is 17.2. The van der Waals surface area contributed by atoms with E-state index in [0.29, 0.717) is 12.3 Å². The van der Waals surface area contributed by atoms with Crippen LogP contribution in [-0.4, -0.2) is 35.2 Å². The van der Waals surface area contributed by atoms with Crippen LogP contribution in [0.1, 0.15) is 19.0 Å². The molecule has 0 radical (unpaired) electrons. The maximum atomic E-state index is 11.7. The second-order valence-electron chi connectivity index (χ2n) is 4.40. The summed E-state index contributed by atoms with van der Waals surface area (Å²) in [6.07, 6.45) is 3.16. The number of halogens is 2. The summed E-state index contributed by atoms with van der Waals surface area (Å²) in [7, 11) is 0. The lowest BCUT2D eigenvalue weighted by Gasteiger charge is -2.30. The van der Waals surface area contributed by atoms with Crippen molar-refractivity contribution in [3.05, 3.63) is 18.0 Å². The Morgan fingerprint density at radius 1 is 1.56 bits per heavy atom. The Morgan fingerprint density at radius 2 is 2.33 bits per heavy atom. The molecule has 0 spiro atoms. The van der Waals surface area contributed by atoms with Gasteiger partial charge in [0, 0.05) is 24.5 Å². The SMILES string of the molecule is CC1CCNCC1NC(=O)Cc1ccn[nH]1.Cl.Cl. The number of aromatic amines is 1. The molecule has 2 rings (SSSR count). The normalized spacial score (nSPS) is 22.5. The molecule has 1 aliphatic rings. The van der Waals surface area contributed by atoms with Gasteiger partial charge in [-0.15, -0.1) is 24.8 Å². The molecule has 104 valence electrons. The van der Waals surface area contributed by atoms with Gasteiger partial charge in [0.1, 0.15) is 0 Å². The maximum absolute atomic E-state index is 11.7. The van der Waals surface area contributed by atoms with Crippen LogP contribution >= 0.6 is 24.8 Å². The Hall–Kier alpha value is -0.780. The number of nitrogens with one attached hydrogen (secondary N) is 3. The van der Waals surface area contributed by atoms with Crippen LogP contribution < -0.4 is 10.6 Å². The third-order valence-corrected chi connectivity index (χ3v) is 3.08. The van der Waals surface area contributed by atoms with Gasteiger partial charge in [-0.25, -0.2) is 0 Å². The molecule has 1 saturated heterocycles. The number of amides is 1. The van der Waals surface area contributed by atoms with Crippen LogP contribution in [0, 0.1) is 5.92 Å². The number of carbonyl (C=O) groups is 1. The van der Waals surface area contributed by atoms with Crippen LogP contribution in [0.2, 0.25) is 0 Å². The topological polar surface area (TPSA) is 69.8 Å². The van der Waals surface area contributed by atoms with Gasteiger partial charge in [-0.05, 0) is 24.9 Å². The summed E-state index contributed by atoms with van der Waals surface area (Å²) >= 11 is 0. The van der Waals surface area contributed by atoms with Gasteiger partial charge in [-0.1, -0.05) is 6.92 Å². The Morgan fingerprint density at radius 3 is 2.94 bits per heavy atom. The van der Waals surface area contributed by atoms with Crippen molar-refractivity contribution in [2.24, 2.45) is 5.92 Å². The van der Waals surface area contributed by atoms with Gasteiger partial charge in [0.15, 0.2) is 0 Å². The molecule has 2 unspecified atom stereocenters. The van der Waals surface area contributed by atoms with E-state index in [2.05, 4.69) is 27.8 Å². The van der Waals surface area contributed by atoms with E-state index in [1.807, 2.05) is 6.07 Å². The summed E-state index contributed by atoms with van der Waals surface area (Å²) in [5.74, 6) is 0.608. The number of rotatable bonds is 3. The van der Waals surface area contributed by atoms with Crippen molar-refractivity contribution >= 4 is 30.7 Å². The monoisotopic (exact) mass is 294 g/mol. The highest BCUT2D eigenvalue weighted by atomic mass is 35.5. The zero-order valence-electron chi connectivity index (χ0n) is 10.3. The minimum absolute atomic E-state index is 0. The maximum Gasteiger partial charge on any atom is 0.226 e. The van der Waals surface area contributed by atoms with E-state index in [9.17, 15) is 4.79 Å². The van der Waals surface area contributed by atoms with Crippen molar-refractivity contribution < 1.29 is 4.79 Å². The largest absolute Gasteiger partial charge is 0.351 e. The number of nitrogens with zero attached hydrogens (tertiary/aromatic N) is 1. The molecule has 1 aromatic rings. The van der Waals surface area contributed by atoms with Crippen molar-refractivity contribution in [3.8, 4) is 0 Å². The van der Waals surface area contributed by atoms with E-state index in [-0.39, 0.29) is 36.8 Å². The molecule has 1 aliphatic heterocycles. The van der Waals surface area contributed by atoms with E-state index >= 15 is 0 Å². The first-order valence-corrected chi connectivity index (χ1v) is 5.74. The fourth-order valence-corrected chi connectivity index (χ4v) is 2.00. The lowest BCUT2D eigenvalue weighted by molar-refractivity contribution is -0.121. The van der Waals surface area contributed by atoms with Gasteiger partial charge in [0.05, 0.1) is 6.42 Å². The second kappa shape index (κ2) is 8.34. The summed E-state index contributed by atoms with van der Waals surface area (Å²) < 4.78 is 0. The average Bonchev–Trinajstić information content (AvgIpc) is 2.74. The van der Waals surface area contributed by atoms with E-state index in [0.717, 1.165) is 25.2 Å². The van der Waals surface area contributed by atoms with Crippen LogP contribution in [0.25, 0.3) is 0 Å². The highest BCUT2D eigenvalue weighted by Gasteiger charge is 2.22. The van der Waals surface area contributed by atoms with Crippen molar-refractivity contribution in [1.29, 1.82) is 0 Å². The van der Waals surface area contributed by atoms with Gasteiger partial charge < -0.3 is 10.6 Å². The molecule has 5 nitrogen and oxygen atoms in total. The van der Waals surface area contributed by atoms with Gasteiger partial charge >= 0.3 is 0 Å². The van der Waals surface area contributed by atoms with Crippen molar-refractivity contribution in [1.82, 2.24) is 20.8 Å². The third kappa shape index (κ3) is 4.84. The van der Waals surface area contributed by atoms with Crippen molar-refractivity contribution in [3.63, 3.8) is 0 Å².